The zero-order valence-corrected chi connectivity index (χ0v) is 22.2. The van der Waals surface area contributed by atoms with Crippen LogP contribution in [0.15, 0.2) is 65.1 Å². The summed E-state index contributed by atoms with van der Waals surface area (Å²) in [6, 6.07) is 14.5. The lowest BCUT2D eigenvalue weighted by Gasteiger charge is -2.27. The number of para-hydroxylation sites is 1. The number of anilines is 1. The highest BCUT2D eigenvalue weighted by Gasteiger charge is 2.27. The Hall–Kier alpha value is -2.51. The van der Waals surface area contributed by atoms with Gasteiger partial charge in [0.05, 0.1) is 17.1 Å². The lowest BCUT2D eigenvalue weighted by atomic mass is 10.0. The summed E-state index contributed by atoms with van der Waals surface area (Å²) in [6.07, 6.45) is 24.0. The zero-order valence-electron chi connectivity index (χ0n) is 21.3. The van der Waals surface area contributed by atoms with E-state index in [0.29, 0.717) is 22.7 Å². The molecule has 4 heteroatoms. The highest BCUT2D eigenvalue weighted by atomic mass is 32.2. The molecule has 0 spiro atoms. The normalized spacial score (nSPS) is 18.3. The number of allylic oxidation sites excluding steroid dienone is 1. The maximum atomic E-state index is 13.9. The van der Waals surface area contributed by atoms with E-state index in [1.807, 2.05) is 43.3 Å². The summed E-state index contributed by atoms with van der Waals surface area (Å²) >= 11 is 0. The summed E-state index contributed by atoms with van der Waals surface area (Å²) in [5, 5.41) is 0. The van der Waals surface area contributed by atoms with E-state index in [1.165, 1.54) is 67.7 Å². The molecular formula is C31H41NO2S. The van der Waals surface area contributed by atoms with Crippen LogP contribution in [0, 0.1) is 19.3 Å². The molecule has 1 aliphatic rings. The highest BCUT2D eigenvalue weighted by molar-refractivity contribution is 7.92. The molecule has 0 amide bonds. The monoisotopic (exact) mass is 491 g/mol. The summed E-state index contributed by atoms with van der Waals surface area (Å²) in [7, 11) is -3.77. The summed E-state index contributed by atoms with van der Waals surface area (Å²) < 4.78 is 29.4. The quantitative estimate of drug-likeness (QED) is 0.312. The molecule has 35 heavy (non-hydrogen) atoms. The van der Waals surface area contributed by atoms with Gasteiger partial charge in [-0.2, -0.15) is 0 Å². The molecular weight excluding hydrogens is 450 g/mol. The van der Waals surface area contributed by atoms with Crippen LogP contribution in [0.3, 0.4) is 0 Å². The molecule has 0 fully saturated rings. The van der Waals surface area contributed by atoms with Crippen molar-refractivity contribution in [1.82, 2.24) is 0 Å². The average molecular weight is 492 g/mol. The number of benzene rings is 2. The number of hydrogen-bond donors (Lipinski definition) is 0. The second-order valence-electron chi connectivity index (χ2n) is 9.78. The predicted octanol–water partition coefficient (Wildman–Crippen LogP) is 8.18. The van der Waals surface area contributed by atoms with Crippen molar-refractivity contribution in [2.24, 2.45) is 0 Å². The minimum Gasteiger partial charge on any atom is -0.261 e. The van der Waals surface area contributed by atoms with E-state index in [-0.39, 0.29) is 0 Å². The first-order valence-electron chi connectivity index (χ1n) is 13.4. The Morgan fingerprint density at radius 2 is 1.37 bits per heavy atom. The molecule has 1 aliphatic carbocycles. The lowest BCUT2D eigenvalue weighted by Crippen LogP contribution is -2.33. The molecule has 2 aromatic rings. The second kappa shape index (κ2) is 14.1. The first-order chi connectivity index (χ1) is 17.0. The summed E-state index contributed by atoms with van der Waals surface area (Å²) in [6.45, 7) is 2.30. The molecule has 188 valence electrons. The van der Waals surface area contributed by atoms with E-state index in [0.717, 1.165) is 31.2 Å². The van der Waals surface area contributed by atoms with Crippen molar-refractivity contribution in [1.29, 1.82) is 0 Å². The van der Waals surface area contributed by atoms with Crippen LogP contribution in [0.5, 0.6) is 0 Å². The molecule has 0 unspecified atom stereocenters. The van der Waals surface area contributed by atoms with Gasteiger partial charge in [-0.05, 0) is 56.9 Å². The Balaban J connectivity index is 1.91. The summed E-state index contributed by atoms with van der Waals surface area (Å²) in [4.78, 5) is 0.299. The fourth-order valence-corrected chi connectivity index (χ4v) is 6.26. The number of nitrogens with zero attached hydrogens (tertiary/aromatic N) is 1. The molecule has 0 saturated carbocycles. The van der Waals surface area contributed by atoms with Gasteiger partial charge < -0.3 is 0 Å². The van der Waals surface area contributed by atoms with E-state index < -0.39 is 10.0 Å². The largest absolute Gasteiger partial charge is 0.264 e. The standard InChI is InChI=1S/C31H41NO2S/c1-3-29-20-16-17-21-31(29)32(35(33,34)30-24-22-27(2)23-25-30)26-28-18-14-12-10-8-6-4-5-7-9-11-13-15-19-28/h1,16-18,20-25H,4-15,19,26H2,2H3/b28-18-. The number of hydrogen-bond acceptors (Lipinski definition) is 2. The minimum absolute atomic E-state index is 0.299. The molecule has 0 radical (unpaired) electrons. The van der Waals surface area contributed by atoms with Crippen LogP contribution < -0.4 is 4.31 Å². The van der Waals surface area contributed by atoms with Gasteiger partial charge in [0, 0.05) is 5.56 Å². The first kappa shape index (κ1) is 27.1. The van der Waals surface area contributed by atoms with Gasteiger partial charge >= 0.3 is 0 Å². The molecule has 2 aromatic carbocycles. The molecule has 0 aromatic heterocycles. The van der Waals surface area contributed by atoms with E-state index in [9.17, 15) is 8.42 Å². The van der Waals surface area contributed by atoms with Gasteiger partial charge in [0.1, 0.15) is 0 Å². The van der Waals surface area contributed by atoms with E-state index in [1.54, 1.807) is 12.1 Å². The molecule has 0 bridgehead atoms. The average Bonchev–Trinajstić information content (AvgIpc) is 2.87. The Morgan fingerprint density at radius 3 is 2.00 bits per heavy atom. The number of sulfonamides is 1. The molecule has 0 N–H and O–H groups in total. The molecule has 0 aliphatic heterocycles. The fourth-order valence-electron chi connectivity index (χ4n) is 4.77. The van der Waals surface area contributed by atoms with Gasteiger partial charge in [-0.1, -0.05) is 105 Å². The predicted molar refractivity (Wildman–Crippen MR) is 148 cm³/mol. The van der Waals surface area contributed by atoms with Crippen molar-refractivity contribution in [3.63, 3.8) is 0 Å². The van der Waals surface area contributed by atoms with E-state index >= 15 is 0 Å². The van der Waals surface area contributed by atoms with Gasteiger partial charge in [-0.3, -0.25) is 4.31 Å². The molecule has 0 atom stereocenters. The van der Waals surface area contributed by atoms with Crippen LogP contribution in [0.1, 0.15) is 94.6 Å². The number of aryl methyl sites for hydroxylation is 1. The maximum Gasteiger partial charge on any atom is 0.264 e. The fraction of sp³-hybridized carbons (Fsp3) is 0.484. The third-order valence-electron chi connectivity index (χ3n) is 6.92. The van der Waals surface area contributed by atoms with Crippen molar-refractivity contribution in [3.05, 3.63) is 71.3 Å². The maximum absolute atomic E-state index is 13.9. The van der Waals surface area contributed by atoms with Gasteiger partial charge in [-0.25, -0.2) is 8.42 Å². The van der Waals surface area contributed by atoms with Crippen molar-refractivity contribution in [2.75, 3.05) is 10.8 Å². The second-order valence-corrected chi connectivity index (χ2v) is 11.6. The molecule has 3 nitrogen and oxygen atoms in total. The van der Waals surface area contributed by atoms with Crippen molar-refractivity contribution in [2.45, 2.75) is 95.3 Å². The lowest BCUT2D eigenvalue weighted by molar-refractivity contribution is 0.548. The highest BCUT2D eigenvalue weighted by Crippen LogP contribution is 2.29. The molecule has 3 rings (SSSR count). The third-order valence-corrected chi connectivity index (χ3v) is 8.69. The Labute approximate surface area is 213 Å². The van der Waals surface area contributed by atoms with Gasteiger partial charge in [0.2, 0.25) is 0 Å². The van der Waals surface area contributed by atoms with Crippen molar-refractivity contribution < 1.29 is 8.42 Å². The Bertz CT molecular complexity index is 1090. The zero-order chi connectivity index (χ0) is 24.9. The number of rotatable bonds is 5. The van der Waals surface area contributed by atoms with Gasteiger partial charge in [0.25, 0.3) is 10.0 Å². The Morgan fingerprint density at radius 1 is 0.800 bits per heavy atom. The van der Waals surface area contributed by atoms with Crippen molar-refractivity contribution >= 4 is 15.7 Å². The number of terminal acetylenes is 1. The molecule has 0 heterocycles. The van der Waals surface area contributed by atoms with Crippen LogP contribution >= 0.6 is 0 Å². The minimum atomic E-state index is -3.77. The molecule has 0 saturated heterocycles. The van der Waals surface area contributed by atoms with Gasteiger partial charge in [-0.15, -0.1) is 6.42 Å². The Kier molecular flexibility index (Phi) is 10.9. The van der Waals surface area contributed by atoms with Crippen LogP contribution in [0.4, 0.5) is 5.69 Å². The summed E-state index contributed by atoms with van der Waals surface area (Å²) in [5.41, 5.74) is 3.40. The third kappa shape index (κ3) is 8.29. The SMILES string of the molecule is C#Cc1ccccc1N(C/C1=C\CCCCCCCCCCCCC1)S(=O)(=O)c1ccc(C)cc1. The smallest absolute Gasteiger partial charge is 0.261 e. The van der Waals surface area contributed by atoms with Crippen LogP contribution in [0.25, 0.3) is 0 Å². The van der Waals surface area contributed by atoms with Gasteiger partial charge in [0.15, 0.2) is 0 Å². The van der Waals surface area contributed by atoms with Crippen LogP contribution in [-0.4, -0.2) is 15.0 Å². The van der Waals surface area contributed by atoms with Crippen molar-refractivity contribution in [3.8, 4) is 12.3 Å². The first-order valence-corrected chi connectivity index (χ1v) is 14.8. The van der Waals surface area contributed by atoms with Crippen LogP contribution in [0.2, 0.25) is 0 Å². The van der Waals surface area contributed by atoms with E-state index in [4.69, 9.17) is 6.42 Å². The van der Waals surface area contributed by atoms with E-state index in [2.05, 4.69) is 12.0 Å². The summed E-state index contributed by atoms with van der Waals surface area (Å²) in [5.74, 6) is 2.69. The topological polar surface area (TPSA) is 37.4 Å². The van der Waals surface area contributed by atoms with Crippen LogP contribution in [-0.2, 0) is 10.0 Å².